The number of ether oxygens (including phenoxy) is 1. The minimum atomic E-state index is -0.240. The molecule has 146 valence electrons. The predicted octanol–water partition coefficient (Wildman–Crippen LogP) is 4.10. The summed E-state index contributed by atoms with van der Waals surface area (Å²) in [5.74, 6) is 0.792. The number of carbonyl (C=O) groups excluding carboxylic acids is 1. The standard InChI is InChI=1S/C23H21N3O3/c1-15-12-17(7-10-22(15)29-2)21-13-20(16-5-8-19(27)9-6-16)25-26(21)23(28)18-4-3-11-24-14-18/h3-12,14,21,27H,13H2,1-2H3. The molecule has 0 saturated heterocycles. The molecule has 1 aromatic heterocycles. The monoisotopic (exact) mass is 387 g/mol. The number of aromatic nitrogens is 1. The highest BCUT2D eigenvalue weighted by molar-refractivity contribution is 6.05. The van der Waals surface area contributed by atoms with Crippen LogP contribution in [0.3, 0.4) is 0 Å². The van der Waals surface area contributed by atoms with Gasteiger partial charge in [-0.1, -0.05) is 12.1 Å². The summed E-state index contributed by atoms with van der Waals surface area (Å²) in [6.45, 7) is 1.98. The van der Waals surface area contributed by atoms with Crippen LogP contribution < -0.4 is 4.74 Å². The van der Waals surface area contributed by atoms with Crippen LogP contribution in [-0.2, 0) is 0 Å². The van der Waals surface area contributed by atoms with Crippen molar-refractivity contribution in [3.05, 3.63) is 89.2 Å². The summed E-state index contributed by atoms with van der Waals surface area (Å²) in [6.07, 6.45) is 3.76. The van der Waals surface area contributed by atoms with Crippen molar-refractivity contribution in [1.82, 2.24) is 9.99 Å². The van der Waals surface area contributed by atoms with E-state index in [-0.39, 0.29) is 17.7 Å². The molecule has 3 aromatic rings. The second kappa shape index (κ2) is 7.75. The van der Waals surface area contributed by atoms with Crippen LogP contribution in [0.15, 0.2) is 72.1 Å². The van der Waals surface area contributed by atoms with Crippen molar-refractivity contribution < 1.29 is 14.6 Å². The maximum atomic E-state index is 13.2. The number of rotatable bonds is 4. The Morgan fingerprint density at radius 2 is 1.97 bits per heavy atom. The first-order valence-electron chi connectivity index (χ1n) is 9.32. The summed E-state index contributed by atoms with van der Waals surface area (Å²) in [5.41, 5.74) is 4.13. The normalized spacial score (nSPS) is 15.9. The number of hydrogen-bond acceptors (Lipinski definition) is 5. The molecule has 1 unspecified atom stereocenters. The van der Waals surface area contributed by atoms with Gasteiger partial charge in [-0.2, -0.15) is 5.10 Å². The number of pyridine rings is 1. The van der Waals surface area contributed by atoms with Crippen LogP contribution in [-0.4, -0.2) is 33.8 Å². The van der Waals surface area contributed by atoms with E-state index in [2.05, 4.69) is 10.1 Å². The highest BCUT2D eigenvalue weighted by atomic mass is 16.5. The Bertz CT molecular complexity index is 1060. The lowest BCUT2D eigenvalue weighted by atomic mass is 9.96. The fraction of sp³-hybridized carbons (Fsp3) is 0.174. The highest BCUT2D eigenvalue weighted by Crippen LogP contribution is 2.35. The van der Waals surface area contributed by atoms with Gasteiger partial charge in [0.15, 0.2) is 0 Å². The molecule has 0 spiro atoms. The van der Waals surface area contributed by atoms with Gasteiger partial charge in [-0.05, 0) is 66.1 Å². The average Bonchev–Trinajstić information content (AvgIpc) is 3.19. The fourth-order valence-electron chi connectivity index (χ4n) is 3.52. The summed E-state index contributed by atoms with van der Waals surface area (Å²) >= 11 is 0. The maximum absolute atomic E-state index is 13.2. The molecule has 4 rings (SSSR count). The predicted molar refractivity (Wildman–Crippen MR) is 110 cm³/mol. The van der Waals surface area contributed by atoms with Gasteiger partial charge in [-0.15, -0.1) is 0 Å². The van der Waals surface area contributed by atoms with Gasteiger partial charge in [0.05, 0.1) is 24.4 Å². The number of hydrogen-bond donors (Lipinski definition) is 1. The Kier molecular flexibility index (Phi) is 4.99. The molecule has 1 aliphatic heterocycles. The van der Waals surface area contributed by atoms with Crippen molar-refractivity contribution in [3.63, 3.8) is 0 Å². The molecule has 2 heterocycles. The third-order valence-corrected chi connectivity index (χ3v) is 5.03. The van der Waals surface area contributed by atoms with E-state index < -0.39 is 0 Å². The van der Waals surface area contributed by atoms with Crippen LogP contribution in [0.25, 0.3) is 0 Å². The number of carbonyl (C=O) groups is 1. The quantitative estimate of drug-likeness (QED) is 0.731. The van der Waals surface area contributed by atoms with Gasteiger partial charge in [0.1, 0.15) is 11.5 Å². The van der Waals surface area contributed by atoms with Crippen LogP contribution in [0, 0.1) is 6.92 Å². The number of phenolic OH excluding ortho intramolecular Hbond substituents is 1. The Morgan fingerprint density at radius 3 is 2.62 bits per heavy atom. The molecule has 29 heavy (non-hydrogen) atoms. The molecule has 2 aromatic carbocycles. The van der Waals surface area contributed by atoms with Crippen molar-refractivity contribution in [3.8, 4) is 11.5 Å². The molecule has 1 N–H and O–H groups in total. The topological polar surface area (TPSA) is 75.0 Å². The van der Waals surface area contributed by atoms with Crippen molar-refractivity contribution in [2.24, 2.45) is 5.10 Å². The van der Waals surface area contributed by atoms with Crippen LogP contribution in [0.5, 0.6) is 11.5 Å². The minimum Gasteiger partial charge on any atom is -0.508 e. The molecule has 0 bridgehead atoms. The number of nitrogens with zero attached hydrogens (tertiary/aromatic N) is 3. The lowest BCUT2D eigenvalue weighted by molar-refractivity contribution is 0.0710. The van der Waals surface area contributed by atoms with E-state index in [0.717, 1.165) is 28.2 Å². The zero-order valence-electron chi connectivity index (χ0n) is 16.2. The zero-order chi connectivity index (χ0) is 20.4. The third kappa shape index (κ3) is 3.69. The number of amides is 1. The SMILES string of the molecule is COc1ccc(C2CC(c3ccc(O)cc3)=NN2C(=O)c2cccnc2)cc1C. The van der Waals surface area contributed by atoms with E-state index in [1.807, 2.05) is 37.3 Å². The van der Waals surface area contributed by atoms with E-state index in [1.165, 1.54) is 5.01 Å². The van der Waals surface area contributed by atoms with E-state index in [9.17, 15) is 9.90 Å². The second-order valence-corrected chi connectivity index (χ2v) is 6.93. The van der Waals surface area contributed by atoms with Crippen molar-refractivity contribution in [1.29, 1.82) is 0 Å². The fourth-order valence-corrected chi connectivity index (χ4v) is 3.52. The van der Waals surface area contributed by atoms with Crippen LogP contribution in [0.2, 0.25) is 0 Å². The van der Waals surface area contributed by atoms with Crippen LogP contribution >= 0.6 is 0 Å². The van der Waals surface area contributed by atoms with Gasteiger partial charge in [-0.25, -0.2) is 5.01 Å². The van der Waals surface area contributed by atoms with Crippen LogP contribution in [0.4, 0.5) is 0 Å². The molecular formula is C23H21N3O3. The average molecular weight is 387 g/mol. The largest absolute Gasteiger partial charge is 0.508 e. The lowest BCUT2D eigenvalue weighted by Crippen LogP contribution is -2.27. The van der Waals surface area contributed by atoms with E-state index in [1.54, 1.807) is 43.8 Å². The Hall–Kier alpha value is -3.67. The molecule has 0 radical (unpaired) electrons. The van der Waals surface area contributed by atoms with Gasteiger partial charge in [-0.3, -0.25) is 9.78 Å². The molecule has 1 amide bonds. The minimum absolute atomic E-state index is 0.193. The van der Waals surface area contributed by atoms with Gasteiger partial charge >= 0.3 is 0 Å². The lowest BCUT2D eigenvalue weighted by Gasteiger charge is -2.22. The van der Waals surface area contributed by atoms with Crippen molar-refractivity contribution in [2.45, 2.75) is 19.4 Å². The van der Waals surface area contributed by atoms with E-state index in [4.69, 9.17) is 4.74 Å². The number of methoxy groups -OCH3 is 1. The molecule has 0 aliphatic carbocycles. The molecule has 0 saturated carbocycles. The molecule has 0 fully saturated rings. The Morgan fingerprint density at radius 1 is 1.17 bits per heavy atom. The van der Waals surface area contributed by atoms with Crippen molar-refractivity contribution >= 4 is 11.6 Å². The maximum Gasteiger partial charge on any atom is 0.276 e. The highest BCUT2D eigenvalue weighted by Gasteiger charge is 2.34. The first-order valence-corrected chi connectivity index (χ1v) is 9.32. The number of hydrazone groups is 1. The third-order valence-electron chi connectivity index (χ3n) is 5.03. The number of aryl methyl sites for hydroxylation is 1. The van der Waals surface area contributed by atoms with Gasteiger partial charge in [0.25, 0.3) is 5.91 Å². The van der Waals surface area contributed by atoms with Gasteiger partial charge < -0.3 is 9.84 Å². The van der Waals surface area contributed by atoms with Crippen LogP contribution in [0.1, 0.15) is 39.5 Å². The number of phenols is 1. The Balaban J connectivity index is 1.73. The molecular weight excluding hydrogens is 366 g/mol. The molecule has 1 atom stereocenters. The summed E-state index contributed by atoms with van der Waals surface area (Å²) < 4.78 is 5.37. The number of benzene rings is 2. The summed E-state index contributed by atoms with van der Waals surface area (Å²) in [7, 11) is 1.64. The first kappa shape index (κ1) is 18.7. The molecule has 1 aliphatic rings. The molecule has 6 nitrogen and oxygen atoms in total. The van der Waals surface area contributed by atoms with E-state index >= 15 is 0 Å². The smallest absolute Gasteiger partial charge is 0.276 e. The van der Waals surface area contributed by atoms with Gasteiger partial charge in [0, 0.05) is 18.8 Å². The van der Waals surface area contributed by atoms with Gasteiger partial charge in [0.2, 0.25) is 0 Å². The summed E-state index contributed by atoms with van der Waals surface area (Å²) in [4.78, 5) is 17.2. The first-order chi connectivity index (χ1) is 14.1. The Labute approximate surface area is 169 Å². The van der Waals surface area contributed by atoms with Crippen molar-refractivity contribution in [2.75, 3.05) is 7.11 Å². The number of aromatic hydroxyl groups is 1. The summed E-state index contributed by atoms with van der Waals surface area (Å²) in [6, 6.07) is 16.0. The zero-order valence-corrected chi connectivity index (χ0v) is 16.2. The van der Waals surface area contributed by atoms with E-state index in [0.29, 0.717) is 12.0 Å². The second-order valence-electron chi connectivity index (χ2n) is 6.93. The molecule has 6 heteroatoms. The summed E-state index contributed by atoms with van der Waals surface area (Å²) in [5, 5.41) is 15.8.